The van der Waals surface area contributed by atoms with E-state index in [0.29, 0.717) is 10.2 Å². The normalized spacial score (nSPS) is 12.3. The molecule has 10 heteroatoms. The van der Waals surface area contributed by atoms with Crippen LogP contribution in [-0.2, 0) is 20.0 Å². The van der Waals surface area contributed by atoms with Gasteiger partial charge in [-0.15, -0.1) is 11.3 Å². The van der Waals surface area contributed by atoms with Gasteiger partial charge < -0.3 is 0 Å². The van der Waals surface area contributed by atoms with E-state index in [4.69, 9.17) is 5.14 Å². The van der Waals surface area contributed by atoms with Crippen LogP contribution in [-0.4, -0.2) is 23.9 Å². The fourth-order valence-corrected chi connectivity index (χ4v) is 5.75. The lowest BCUT2D eigenvalue weighted by atomic mass is 10.3. The van der Waals surface area contributed by atoms with Crippen molar-refractivity contribution in [3.63, 3.8) is 0 Å². The van der Waals surface area contributed by atoms with Gasteiger partial charge in [0.15, 0.2) is 4.21 Å². The summed E-state index contributed by atoms with van der Waals surface area (Å²) in [5, 5.41) is 6.66. The van der Waals surface area contributed by atoms with Crippen molar-refractivity contribution in [3.8, 4) is 0 Å². The second-order valence-corrected chi connectivity index (χ2v) is 9.56. The number of primary sulfonamides is 1. The maximum Gasteiger partial charge on any atom is 0.274 e. The molecular formula is C11H11BrN2O4S3. The van der Waals surface area contributed by atoms with Gasteiger partial charge in [0.2, 0.25) is 10.0 Å². The Morgan fingerprint density at radius 2 is 1.67 bits per heavy atom. The molecule has 0 unspecified atom stereocenters. The molecule has 21 heavy (non-hydrogen) atoms. The highest BCUT2D eigenvalue weighted by Gasteiger charge is 2.25. The minimum absolute atomic E-state index is 0.0747. The summed E-state index contributed by atoms with van der Waals surface area (Å²) in [7, 11) is -6.11. The lowest BCUT2D eigenvalue weighted by molar-refractivity contribution is 0.595. The fraction of sp³-hybridized carbons (Fsp3) is 0.0909. The third-order valence-electron chi connectivity index (χ3n) is 2.71. The number of nitrogens with two attached hydrogens (primary N) is 1. The first-order valence-electron chi connectivity index (χ1n) is 5.49. The summed E-state index contributed by atoms with van der Waals surface area (Å²) in [6, 6.07) is 6.95. The van der Waals surface area contributed by atoms with Gasteiger partial charge in [0.05, 0.1) is 10.6 Å². The number of benzene rings is 1. The smallest absolute Gasteiger partial charge is 0.269 e. The van der Waals surface area contributed by atoms with Crippen LogP contribution < -0.4 is 9.44 Å². The highest BCUT2D eigenvalue weighted by Crippen LogP contribution is 2.32. The Morgan fingerprint density at radius 1 is 1.10 bits per heavy atom. The first-order valence-corrected chi connectivity index (χ1v) is 10.1. The van der Waals surface area contributed by atoms with Gasteiger partial charge in [-0.25, -0.2) is 22.0 Å². The fourth-order valence-electron chi connectivity index (χ4n) is 1.57. The van der Waals surface area contributed by atoms with E-state index in [0.717, 1.165) is 15.6 Å². The predicted octanol–water partition coefficient (Wildman–Crippen LogP) is 1.98. The van der Waals surface area contributed by atoms with Gasteiger partial charge in [0.25, 0.3) is 10.0 Å². The van der Waals surface area contributed by atoms with Crippen molar-refractivity contribution in [2.24, 2.45) is 5.14 Å². The van der Waals surface area contributed by atoms with Crippen molar-refractivity contribution in [3.05, 3.63) is 40.2 Å². The molecular weight excluding hydrogens is 400 g/mol. The highest BCUT2D eigenvalue weighted by atomic mass is 79.9. The minimum Gasteiger partial charge on any atom is -0.269 e. The topological polar surface area (TPSA) is 97.5 Å². The summed E-state index contributed by atoms with van der Waals surface area (Å²) < 4.78 is 49.0. The van der Waals surface area contributed by atoms with Crippen LogP contribution in [0.25, 0.3) is 0 Å². The monoisotopic (exact) mass is 410 g/mol. The van der Waals surface area contributed by atoms with Gasteiger partial charge >= 0.3 is 0 Å². The molecule has 2 N–H and O–H groups in total. The molecule has 0 radical (unpaired) electrons. The Labute approximate surface area is 135 Å². The van der Waals surface area contributed by atoms with Gasteiger partial charge in [-0.3, -0.25) is 4.31 Å². The second kappa shape index (κ2) is 5.69. The van der Waals surface area contributed by atoms with Crippen LogP contribution in [0, 0.1) is 0 Å². The molecule has 0 aliphatic carbocycles. The quantitative estimate of drug-likeness (QED) is 0.832. The number of halogens is 1. The predicted molar refractivity (Wildman–Crippen MR) is 85.4 cm³/mol. The van der Waals surface area contributed by atoms with E-state index in [-0.39, 0.29) is 9.10 Å². The van der Waals surface area contributed by atoms with Crippen molar-refractivity contribution in [2.75, 3.05) is 11.4 Å². The minimum atomic E-state index is -3.80. The molecule has 6 nitrogen and oxygen atoms in total. The van der Waals surface area contributed by atoms with E-state index in [2.05, 4.69) is 15.9 Å². The van der Waals surface area contributed by atoms with Crippen LogP contribution in [0.2, 0.25) is 0 Å². The molecule has 0 saturated heterocycles. The Bertz CT molecular complexity index is 857. The van der Waals surface area contributed by atoms with E-state index in [1.165, 1.54) is 31.3 Å². The van der Waals surface area contributed by atoms with Crippen LogP contribution >= 0.6 is 27.3 Å². The maximum atomic E-state index is 12.5. The van der Waals surface area contributed by atoms with Crippen LogP contribution in [0.4, 0.5) is 5.69 Å². The van der Waals surface area contributed by atoms with E-state index in [9.17, 15) is 16.8 Å². The molecule has 2 rings (SSSR count). The molecule has 0 aliphatic rings. The van der Waals surface area contributed by atoms with Gasteiger partial charge in [-0.05, 0) is 51.6 Å². The number of sulfonamides is 2. The Kier molecular flexibility index (Phi) is 4.45. The summed E-state index contributed by atoms with van der Waals surface area (Å²) in [4.78, 5) is -0.0747. The number of hydrogen-bond acceptors (Lipinski definition) is 5. The van der Waals surface area contributed by atoms with E-state index < -0.39 is 20.0 Å². The molecule has 0 fully saturated rings. The van der Waals surface area contributed by atoms with Gasteiger partial charge in [0.1, 0.15) is 0 Å². The Balaban J connectivity index is 2.41. The SMILES string of the molecule is CN(c1ccc(S(N)(=O)=O)cc1)S(=O)(=O)c1sccc1Br. The molecule has 0 amide bonds. The van der Waals surface area contributed by atoms with Crippen molar-refractivity contribution >= 4 is 53.0 Å². The molecule has 2 aromatic rings. The maximum absolute atomic E-state index is 12.5. The average Bonchev–Trinajstić information content (AvgIpc) is 2.84. The lowest BCUT2D eigenvalue weighted by Crippen LogP contribution is -2.26. The van der Waals surface area contributed by atoms with E-state index >= 15 is 0 Å². The van der Waals surface area contributed by atoms with Gasteiger partial charge in [0, 0.05) is 11.5 Å². The summed E-state index contributed by atoms with van der Waals surface area (Å²) in [5.74, 6) is 0. The number of hydrogen-bond donors (Lipinski definition) is 1. The largest absolute Gasteiger partial charge is 0.274 e. The molecule has 0 spiro atoms. The Morgan fingerprint density at radius 3 is 2.10 bits per heavy atom. The zero-order chi connectivity index (χ0) is 15.8. The van der Waals surface area contributed by atoms with Gasteiger partial charge in [-0.2, -0.15) is 0 Å². The van der Waals surface area contributed by atoms with Crippen molar-refractivity contribution in [2.45, 2.75) is 9.10 Å². The van der Waals surface area contributed by atoms with Crippen molar-refractivity contribution in [1.29, 1.82) is 0 Å². The van der Waals surface area contributed by atoms with Crippen molar-refractivity contribution < 1.29 is 16.8 Å². The summed E-state index contributed by atoms with van der Waals surface area (Å²) in [6.45, 7) is 0. The van der Waals surface area contributed by atoms with E-state index in [1.807, 2.05) is 0 Å². The lowest BCUT2D eigenvalue weighted by Gasteiger charge is -2.19. The number of rotatable bonds is 4. The average molecular weight is 411 g/mol. The zero-order valence-electron chi connectivity index (χ0n) is 10.7. The third kappa shape index (κ3) is 3.29. The molecule has 0 atom stereocenters. The van der Waals surface area contributed by atoms with E-state index in [1.54, 1.807) is 11.4 Å². The van der Waals surface area contributed by atoms with Crippen LogP contribution in [0.5, 0.6) is 0 Å². The molecule has 1 aromatic carbocycles. The first kappa shape index (κ1) is 16.4. The molecule has 114 valence electrons. The Hall–Kier alpha value is -0.940. The summed E-state index contributed by atoms with van der Waals surface area (Å²) >= 11 is 4.28. The number of nitrogens with zero attached hydrogens (tertiary/aromatic N) is 1. The number of anilines is 1. The van der Waals surface area contributed by atoms with Crippen molar-refractivity contribution in [1.82, 2.24) is 0 Å². The summed E-state index contributed by atoms with van der Waals surface area (Å²) in [5.41, 5.74) is 0.336. The van der Waals surface area contributed by atoms with Gasteiger partial charge in [-0.1, -0.05) is 0 Å². The number of thiophene rings is 1. The second-order valence-electron chi connectivity index (χ2n) is 4.07. The third-order valence-corrected chi connectivity index (χ3v) is 8.07. The van der Waals surface area contributed by atoms with Crippen LogP contribution in [0.15, 0.2) is 49.3 Å². The molecule has 1 aromatic heterocycles. The molecule has 0 saturated carbocycles. The summed E-state index contributed by atoms with van der Waals surface area (Å²) in [6.07, 6.45) is 0. The molecule has 0 bridgehead atoms. The standard InChI is InChI=1S/C11H11BrN2O4S3/c1-14(21(17,18)11-10(12)6-7-19-11)8-2-4-9(5-3-8)20(13,15)16/h2-7H,1H3,(H2,13,15,16). The zero-order valence-corrected chi connectivity index (χ0v) is 14.8. The van der Waals surface area contributed by atoms with Crippen LogP contribution in [0.1, 0.15) is 0 Å². The molecule has 1 heterocycles. The first-order chi connectivity index (χ1) is 9.64. The van der Waals surface area contributed by atoms with Crippen LogP contribution in [0.3, 0.4) is 0 Å². The molecule has 0 aliphatic heterocycles. The highest BCUT2D eigenvalue weighted by molar-refractivity contribution is 9.10.